The van der Waals surface area contributed by atoms with E-state index < -0.39 is 10.0 Å². The fourth-order valence-electron chi connectivity index (χ4n) is 2.83. The summed E-state index contributed by atoms with van der Waals surface area (Å²) in [5, 5.41) is 3.38. The fraction of sp³-hybridized carbons (Fsp3) is 1.00. The summed E-state index contributed by atoms with van der Waals surface area (Å²) in [4.78, 5) is 2.43. The number of nitrogens with one attached hydrogen (secondary N) is 1. The molecule has 3 aliphatic rings. The first kappa shape index (κ1) is 14.8. The molecule has 3 rings (SSSR count). The highest BCUT2D eigenvalue weighted by molar-refractivity contribution is 7.89. The summed E-state index contributed by atoms with van der Waals surface area (Å²) >= 11 is 0. The van der Waals surface area contributed by atoms with Crippen LogP contribution in [0.1, 0.15) is 32.1 Å². The molecule has 5 nitrogen and oxygen atoms in total. The Labute approximate surface area is 122 Å². The van der Waals surface area contributed by atoms with E-state index in [-0.39, 0.29) is 0 Å². The zero-order valence-corrected chi connectivity index (χ0v) is 13.1. The molecular formula is C14H27N3O2S. The third kappa shape index (κ3) is 4.41. The predicted octanol–water partition coefficient (Wildman–Crippen LogP) is 0.486. The Bertz CT molecular complexity index is 410. The van der Waals surface area contributed by atoms with E-state index in [9.17, 15) is 8.42 Å². The van der Waals surface area contributed by atoms with Gasteiger partial charge in [-0.3, -0.25) is 0 Å². The normalized spacial score (nSPS) is 26.0. The molecule has 1 saturated heterocycles. The maximum absolute atomic E-state index is 12.3. The molecule has 0 aromatic carbocycles. The highest BCUT2D eigenvalue weighted by Crippen LogP contribution is 2.30. The van der Waals surface area contributed by atoms with Gasteiger partial charge in [-0.1, -0.05) is 0 Å². The minimum atomic E-state index is -3.03. The average molecular weight is 301 g/mol. The van der Waals surface area contributed by atoms with Crippen LogP contribution in [0.4, 0.5) is 0 Å². The number of hydrogen-bond donors (Lipinski definition) is 1. The molecule has 0 bridgehead atoms. The zero-order chi connectivity index (χ0) is 14.0. The Balaban J connectivity index is 1.36. The summed E-state index contributed by atoms with van der Waals surface area (Å²) in [7, 11) is -3.03. The van der Waals surface area contributed by atoms with Crippen LogP contribution in [0.15, 0.2) is 0 Å². The summed E-state index contributed by atoms with van der Waals surface area (Å²) < 4.78 is 26.2. The molecular weight excluding hydrogens is 274 g/mol. The molecule has 20 heavy (non-hydrogen) atoms. The quantitative estimate of drug-likeness (QED) is 0.663. The molecule has 1 aliphatic heterocycles. The van der Waals surface area contributed by atoms with Gasteiger partial charge in [-0.25, -0.2) is 8.42 Å². The van der Waals surface area contributed by atoms with Crippen molar-refractivity contribution in [2.75, 3.05) is 45.0 Å². The van der Waals surface area contributed by atoms with Crippen LogP contribution in [0.3, 0.4) is 0 Å². The summed E-state index contributed by atoms with van der Waals surface area (Å²) in [6.07, 6.45) is 5.99. The Morgan fingerprint density at radius 1 is 1.00 bits per heavy atom. The van der Waals surface area contributed by atoms with Crippen LogP contribution in [-0.4, -0.2) is 68.7 Å². The van der Waals surface area contributed by atoms with Crippen molar-refractivity contribution in [1.82, 2.24) is 14.5 Å². The second kappa shape index (κ2) is 6.30. The summed E-state index contributed by atoms with van der Waals surface area (Å²) in [6.45, 7) is 5.22. The lowest BCUT2D eigenvalue weighted by Crippen LogP contribution is -2.49. The number of nitrogens with zero attached hydrogens (tertiary/aromatic N) is 2. The van der Waals surface area contributed by atoms with Gasteiger partial charge in [-0.15, -0.1) is 0 Å². The minimum absolute atomic E-state index is 0.301. The summed E-state index contributed by atoms with van der Waals surface area (Å²) in [5.41, 5.74) is 0. The summed E-state index contributed by atoms with van der Waals surface area (Å²) in [5.74, 6) is 1.20. The van der Waals surface area contributed by atoms with E-state index >= 15 is 0 Å². The molecule has 116 valence electrons. The lowest BCUT2D eigenvalue weighted by Gasteiger charge is -2.34. The molecule has 1 heterocycles. The third-order valence-corrected chi connectivity index (χ3v) is 6.48. The van der Waals surface area contributed by atoms with Crippen molar-refractivity contribution in [2.45, 2.75) is 38.1 Å². The van der Waals surface area contributed by atoms with Gasteiger partial charge in [0.15, 0.2) is 0 Å². The molecule has 0 atom stereocenters. The SMILES string of the molecule is O=S(=O)(CCCNC1CC1)N1CCN(CC2CC2)CC1. The van der Waals surface area contributed by atoms with Crippen LogP contribution < -0.4 is 5.32 Å². The van der Waals surface area contributed by atoms with Crippen molar-refractivity contribution in [3.63, 3.8) is 0 Å². The lowest BCUT2D eigenvalue weighted by atomic mass is 10.3. The van der Waals surface area contributed by atoms with Gasteiger partial charge in [-0.2, -0.15) is 4.31 Å². The highest BCUT2D eigenvalue weighted by Gasteiger charge is 2.30. The van der Waals surface area contributed by atoms with Crippen LogP contribution in [0.2, 0.25) is 0 Å². The van der Waals surface area contributed by atoms with E-state index in [1.54, 1.807) is 4.31 Å². The van der Waals surface area contributed by atoms with Gasteiger partial charge >= 0.3 is 0 Å². The molecule has 2 aliphatic carbocycles. The van der Waals surface area contributed by atoms with Crippen molar-refractivity contribution in [3.8, 4) is 0 Å². The Morgan fingerprint density at radius 3 is 2.30 bits per heavy atom. The van der Waals surface area contributed by atoms with Crippen molar-refractivity contribution < 1.29 is 8.42 Å². The van der Waals surface area contributed by atoms with Gasteiger partial charge in [0.1, 0.15) is 0 Å². The molecule has 0 radical (unpaired) electrons. The monoisotopic (exact) mass is 301 g/mol. The van der Waals surface area contributed by atoms with Crippen LogP contribution in [0.5, 0.6) is 0 Å². The van der Waals surface area contributed by atoms with E-state index in [1.165, 1.54) is 32.2 Å². The first-order valence-electron chi connectivity index (χ1n) is 8.07. The van der Waals surface area contributed by atoms with E-state index in [0.717, 1.165) is 32.0 Å². The Kier molecular flexibility index (Phi) is 4.65. The maximum atomic E-state index is 12.3. The van der Waals surface area contributed by atoms with Crippen molar-refractivity contribution >= 4 is 10.0 Å². The van der Waals surface area contributed by atoms with Crippen LogP contribution in [0, 0.1) is 5.92 Å². The first-order valence-corrected chi connectivity index (χ1v) is 9.68. The molecule has 0 spiro atoms. The highest BCUT2D eigenvalue weighted by atomic mass is 32.2. The molecule has 0 aromatic rings. The van der Waals surface area contributed by atoms with Crippen molar-refractivity contribution in [3.05, 3.63) is 0 Å². The molecule has 0 amide bonds. The third-order valence-electron chi connectivity index (χ3n) is 4.53. The summed E-state index contributed by atoms with van der Waals surface area (Å²) in [6, 6.07) is 0.670. The largest absolute Gasteiger partial charge is 0.314 e. The molecule has 0 unspecified atom stereocenters. The van der Waals surface area contributed by atoms with Crippen LogP contribution >= 0.6 is 0 Å². The van der Waals surface area contributed by atoms with Crippen LogP contribution in [-0.2, 0) is 10.0 Å². The average Bonchev–Trinajstić information content (AvgIpc) is 3.30. The minimum Gasteiger partial charge on any atom is -0.314 e. The number of rotatable bonds is 8. The second-order valence-corrected chi connectivity index (χ2v) is 8.63. The maximum Gasteiger partial charge on any atom is 0.214 e. The molecule has 3 fully saturated rings. The number of sulfonamides is 1. The van der Waals surface area contributed by atoms with E-state index in [1.807, 2.05) is 0 Å². The van der Waals surface area contributed by atoms with E-state index in [4.69, 9.17) is 0 Å². The lowest BCUT2D eigenvalue weighted by molar-refractivity contribution is 0.182. The van der Waals surface area contributed by atoms with E-state index in [2.05, 4.69) is 10.2 Å². The molecule has 6 heteroatoms. The second-order valence-electron chi connectivity index (χ2n) is 6.54. The first-order chi connectivity index (χ1) is 9.63. The van der Waals surface area contributed by atoms with Gasteiger partial charge in [0.25, 0.3) is 0 Å². The van der Waals surface area contributed by atoms with Gasteiger partial charge in [0, 0.05) is 38.8 Å². The van der Waals surface area contributed by atoms with Gasteiger partial charge < -0.3 is 10.2 Å². The zero-order valence-electron chi connectivity index (χ0n) is 12.3. The number of hydrogen-bond acceptors (Lipinski definition) is 4. The predicted molar refractivity (Wildman–Crippen MR) is 80.2 cm³/mol. The topological polar surface area (TPSA) is 52.7 Å². The van der Waals surface area contributed by atoms with Crippen LogP contribution in [0.25, 0.3) is 0 Å². The van der Waals surface area contributed by atoms with Gasteiger partial charge in [-0.05, 0) is 44.6 Å². The van der Waals surface area contributed by atoms with Crippen molar-refractivity contribution in [2.24, 2.45) is 5.92 Å². The molecule has 1 N–H and O–H groups in total. The number of piperazine rings is 1. The van der Waals surface area contributed by atoms with E-state index in [0.29, 0.717) is 24.9 Å². The standard InChI is InChI=1S/C14H27N3O2S/c18-20(19,11-1-6-15-14-4-5-14)17-9-7-16(8-10-17)12-13-2-3-13/h13-15H,1-12H2. The molecule has 2 saturated carbocycles. The van der Waals surface area contributed by atoms with Gasteiger partial charge in [0.2, 0.25) is 10.0 Å². The smallest absolute Gasteiger partial charge is 0.214 e. The fourth-order valence-corrected chi connectivity index (χ4v) is 4.32. The Morgan fingerprint density at radius 2 is 1.70 bits per heavy atom. The van der Waals surface area contributed by atoms with Crippen molar-refractivity contribution in [1.29, 1.82) is 0 Å². The molecule has 0 aromatic heterocycles. The Hall–Kier alpha value is -0.170. The van der Waals surface area contributed by atoms with Gasteiger partial charge in [0.05, 0.1) is 5.75 Å².